The number of carbonyl (C=O) groups excluding carboxylic acids is 2. The highest BCUT2D eigenvalue weighted by Gasteiger charge is 2.38. The Bertz CT molecular complexity index is 459. The standard InChI is InChI=1S/C10H11ClN2O4/c11-8-6(1-2-17-8)10(16)13-4-5(14)3-7(13)9(12)15/h1-2,5,7,14H,3-4H2,(H2,12,15). The van der Waals surface area contributed by atoms with E-state index in [0.29, 0.717) is 0 Å². The molecular formula is C10H11ClN2O4. The number of rotatable bonds is 2. The number of aliphatic hydroxyl groups excluding tert-OH is 1. The quantitative estimate of drug-likeness (QED) is 0.780. The van der Waals surface area contributed by atoms with Gasteiger partial charge in [0.15, 0.2) is 0 Å². The van der Waals surface area contributed by atoms with Gasteiger partial charge in [0.25, 0.3) is 5.91 Å². The Labute approximate surface area is 102 Å². The first-order valence-corrected chi connectivity index (χ1v) is 5.40. The summed E-state index contributed by atoms with van der Waals surface area (Å²) in [7, 11) is 0. The molecule has 2 unspecified atom stereocenters. The summed E-state index contributed by atoms with van der Waals surface area (Å²) in [4.78, 5) is 24.4. The Balaban J connectivity index is 2.25. The lowest BCUT2D eigenvalue weighted by atomic mass is 10.2. The zero-order chi connectivity index (χ0) is 12.6. The summed E-state index contributed by atoms with van der Waals surface area (Å²) in [5, 5.41) is 9.43. The molecule has 2 rings (SSSR count). The van der Waals surface area contributed by atoms with E-state index in [2.05, 4.69) is 0 Å². The zero-order valence-electron chi connectivity index (χ0n) is 8.80. The van der Waals surface area contributed by atoms with Crippen LogP contribution in [0.4, 0.5) is 0 Å². The lowest BCUT2D eigenvalue weighted by molar-refractivity contribution is -0.121. The minimum Gasteiger partial charge on any atom is -0.452 e. The van der Waals surface area contributed by atoms with E-state index in [9.17, 15) is 14.7 Å². The van der Waals surface area contributed by atoms with Crippen molar-refractivity contribution in [1.29, 1.82) is 0 Å². The van der Waals surface area contributed by atoms with E-state index in [1.54, 1.807) is 0 Å². The van der Waals surface area contributed by atoms with Gasteiger partial charge < -0.3 is 20.2 Å². The summed E-state index contributed by atoms with van der Waals surface area (Å²) in [6.07, 6.45) is 0.680. The number of hydrogen-bond donors (Lipinski definition) is 2. The molecule has 0 bridgehead atoms. The van der Waals surface area contributed by atoms with Gasteiger partial charge in [-0.3, -0.25) is 9.59 Å². The van der Waals surface area contributed by atoms with Gasteiger partial charge in [-0.15, -0.1) is 0 Å². The fraction of sp³-hybridized carbons (Fsp3) is 0.400. The second-order valence-electron chi connectivity index (χ2n) is 3.87. The van der Waals surface area contributed by atoms with Crippen molar-refractivity contribution in [3.63, 3.8) is 0 Å². The minimum atomic E-state index is -0.802. The summed E-state index contributed by atoms with van der Waals surface area (Å²) in [6, 6.07) is 0.608. The maximum Gasteiger partial charge on any atom is 0.259 e. The number of likely N-dealkylation sites (tertiary alicyclic amines) is 1. The van der Waals surface area contributed by atoms with E-state index in [-0.39, 0.29) is 23.7 Å². The molecule has 92 valence electrons. The van der Waals surface area contributed by atoms with Crippen molar-refractivity contribution in [3.05, 3.63) is 23.1 Å². The lowest BCUT2D eigenvalue weighted by Crippen LogP contribution is -2.43. The summed E-state index contributed by atoms with van der Waals surface area (Å²) >= 11 is 5.68. The Hall–Kier alpha value is -1.53. The highest BCUT2D eigenvalue weighted by molar-refractivity contribution is 6.32. The molecule has 2 heterocycles. The Kier molecular flexibility index (Phi) is 3.08. The van der Waals surface area contributed by atoms with Crippen molar-refractivity contribution in [2.24, 2.45) is 5.73 Å². The number of aliphatic hydroxyl groups is 1. The van der Waals surface area contributed by atoms with Crippen LogP contribution in [0.3, 0.4) is 0 Å². The molecule has 3 N–H and O–H groups in total. The average Bonchev–Trinajstić information content (AvgIpc) is 2.83. The molecule has 0 aromatic carbocycles. The first-order chi connectivity index (χ1) is 8.00. The Morgan fingerprint density at radius 3 is 2.82 bits per heavy atom. The topological polar surface area (TPSA) is 96.8 Å². The smallest absolute Gasteiger partial charge is 0.259 e. The third-order valence-electron chi connectivity index (χ3n) is 2.72. The maximum absolute atomic E-state index is 12.1. The van der Waals surface area contributed by atoms with Gasteiger partial charge in [-0.05, 0) is 17.7 Å². The molecule has 1 aromatic rings. The first kappa shape index (κ1) is 11.9. The first-order valence-electron chi connectivity index (χ1n) is 5.02. The minimum absolute atomic E-state index is 0.0420. The summed E-state index contributed by atoms with van der Waals surface area (Å²) < 4.78 is 4.81. The molecule has 17 heavy (non-hydrogen) atoms. The van der Waals surface area contributed by atoms with Gasteiger partial charge >= 0.3 is 0 Å². The monoisotopic (exact) mass is 258 g/mol. The molecule has 1 aromatic heterocycles. The number of hydrogen-bond acceptors (Lipinski definition) is 4. The third-order valence-corrected chi connectivity index (χ3v) is 3.01. The molecule has 6 nitrogen and oxygen atoms in total. The highest BCUT2D eigenvalue weighted by Crippen LogP contribution is 2.24. The summed E-state index contributed by atoms with van der Waals surface area (Å²) in [6.45, 7) is 0.0634. The van der Waals surface area contributed by atoms with Gasteiger partial charge in [-0.2, -0.15) is 0 Å². The van der Waals surface area contributed by atoms with E-state index >= 15 is 0 Å². The largest absolute Gasteiger partial charge is 0.452 e. The van der Waals surface area contributed by atoms with Crippen LogP contribution in [-0.2, 0) is 4.79 Å². The van der Waals surface area contributed by atoms with Gasteiger partial charge in [-0.1, -0.05) is 0 Å². The van der Waals surface area contributed by atoms with Crippen LogP contribution in [-0.4, -0.2) is 40.5 Å². The number of primary amides is 1. The molecule has 1 fully saturated rings. The molecule has 2 atom stereocenters. The van der Waals surface area contributed by atoms with E-state index in [1.807, 2.05) is 0 Å². The zero-order valence-corrected chi connectivity index (χ0v) is 9.55. The number of carbonyl (C=O) groups is 2. The van der Waals surface area contributed by atoms with Crippen molar-refractivity contribution in [2.75, 3.05) is 6.54 Å². The second kappa shape index (κ2) is 4.38. The molecule has 0 radical (unpaired) electrons. The van der Waals surface area contributed by atoms with Gasteiger partial charge in [0, 0.05) is 13.0 Å². The van der Waals surface area contributed by atoms with Crippen molar-refractivity contribution in [1.82, 2.24) is 4.90 Å². The SMILES string of the molecule is NC(=O)C1CC(O)CN1C(=O)c1ccoc1Cl. The Morgan fingerprint density at radius 2 is 2.29 bits per heavy atom. The molecule has 1 saturated heterocycles. The molecule has 2 amide bonds. The van der Waals surface area contributed by atoms with Gasteiger partial charge in [-0.25, -0.2) is 0 Å². The number of nitrogens with zero attached hydrogens (tertiary/aromatic N) is 1. The van der Waals surface area contributed by atoms with Crippen molar-refractivity contribution < 1.29 is 19.1 Å². The highest BCUT2D eigenvalue weighted by atomic mass is 35.5. The lowest BCUT2D eigenvalue weighted by Gasteiger charge is -2.21. The third kappa shape index (κ3) is 2.13. The van der Waals surface area contributed by atoms with Crippen LogP contribution in [0, 0.1) is 0 Å². The Morgan fingerprint density at radius 1 is 1.59 bits per heavy atom. The van der Waals surface area contributed by atoms with E-state index in [0.717, 1.165) is 0 Å². The van der Waals surface area contributed by atoms with Gasteiger partial charge in [0.05, 0.1) is 17.9 Å². The molecule has 0 aliphatic carbocycles. The van der Waals surface area contributed by atoms with E-state index < -0.39 is 24.0 Å². The summed E-state index contributed by atoms with van der Waals surface area (Å²) in [5.41, 5.74) is 5.34. The van der Waals surface area contributed by atoms with Crippen molar-refractivity contribution in [3.8, 4) is 0 Å². The molecule has 0 spiro atoms. The predicted octanol–water partition coefficient (Wildman–Crippen LogP) is -0.00630. The molecule has 1 aliphatic rings. The van der Waals surface area contributed by atoms with Crippen LogP contribution in [0.25, 0.3) is 0 Å². The maximum atomic E-state index is 12.1. The average molecular weight is 259 g/mol. The molecule has 1 aliphatic heterocycles. The van der Waals surface area contributed by atoms with Crippen LogP contribution >= 0.6 is 11.6 Å². The fourth-order valence-electron chi connectivity index (χ4n) is 1.91. The predicted molar refractivity (Wildman–Crippen MR) is 58.4 cm³/mol. The van der Waals surface area contributed by atoms with Crippen molar-refractivity contribution >= 4 is 23.4 Å². The number of furan rings is 1. The van der Waals surface area contributed by atoms with Crippen molar-refractivity contribution in [2.45, 2.75) is 18.6 Å². The van der Waals surface area contributed by atoms with E-state index in [1.165, 1.54) is 17.2 Å². The van der Waals surface area contributed by atoms with Crippen LogP contribution in [0.1, 0.15) is 16.8 Å². The number of β-amino-alcohol motifs (C(OH)–C–C–N with tert-alkyl or cyclic N) is 1. The fourth-order valence-corrected chi connectivity index (χ4v) is 2.10. The number of nitrogens with two attached hydrogens (primary N) is 1. The molecular weight excluding hydrogens is 248 g/mol. The van der Waals surface area contributed by atoms with E-state index in [4.69, 9.17) is 21.8 Å². The number of amides is 2. The van der Waals surface area contributed by atoms with Crippen LogP contribution < -0.4 is 5.73 Å². The second-order valence-corrected chi connectivity index (χ2v) is 4.22. The van der Waals surface area contributed by atoms with Gasteiger partial charge in [0.2, 0.25) is 11.1 Å². The molecule has 7 heteroatoms. The van der Waals surface area contributed by atoms with Crippen LogP contribution in [0.5, 0.6) is 0 Å². The van der Waals surface area contributed by atoms with Crippen LogP contribution in [0.15, 0.2) is 16.7 Å². The normalized spacial score (nSPS) is 24.0. The van der Waals surface area contributed by atoms with Crippen LogP contribution in [0.2, 0.25) is 5.22 Å². The number of halogens is 1. The summed E-state index contributed by atoms with van der Waals surface area (Å²) in [5.74, 6) is -1.11. The molecule has 0 saturated carbocycles. The van der Waals surface area contributed by atoms with Gasteiger partial charge in [0.1, 0.15) is 6.04 Å².